The standard InChI is InChI=1S/C15H18FN3O2S/c1-9-8-22-14(18-9)10(2)19-15(21)17-7-13(20)11-3-5-12(16)6-4-11/h3-6,8,10,13,20H,7H2,1-2H3,(H2,17,19,21). The molecule has 1 aromatic carbocycles. The van der Waals surface area contributed by atoms with Gasteiger partial charge in [0, 0.05) is 17.6 Å². The predicted molar refractivity (Wildman–Crippen MR) is 83.2 cm³/mol. The van der Waals surface area contributed by atoms with Crippen molar-refractivity contribution >= 4 is 17.4 Å². The maximum absolute atomic E-state index is 12.8. The Bertz CT molecular complexity index is 630. The van der Waals surface area contributed by atoms with E-state index in [4.69, 9.17) is 0 Å². The molecular formula is C15H18FN3O2S. The summed E-state index contributed by atoms with van der Waals surface area (Å²) >= 11 is 1.48. The number of carbonyl (C=O) groups excluding carboxylic acids is 1. The van der Waals surface area contributed by atoms with Gasteiger partial charge in [-0.25, -0.2) is 14.2 Å². The van der Waals surface area contributed by atoms with Gasteiger partial charge in [0.05, 0.1) is 12.1 Å². The van der Waals surface area contributed by atoms with Crippen LogP contribution in [0.1, 0.15) is 35.3 Å². The van der Waals surface area contributed by atoms with Gasteiger partial charge in [0.25, 0.3) is 0 Å². The maximum atomic E-state index is 12.8. The molecule has 2 atom stereocenters. The quantitative estimate of drug-likeness (QED) is 0.792. The summed E-state index contributed by atoms with van der Waals surface area (Å²) in [5.74, 6) is -0.366. The number of aliphatic hydroxyl groups is 1. The molecule has 22 heavy (non-hydrogen) atoms. The van der Waals surface area contributed by atoms with Crippen molar-refractivity contribution in [2.24, 2.45) is 0 Å². The molecule has 0 aliphatic carbocycles. The smallest absolute Gasteiger partial charge is 0.315 e. The van der Waals surface area contributed by atoms with E-state index in [9.17, 15) is 14.3 Å². The Morgan fingerprint density at radius 2 is 2.09 bits per heavy atom. The third-order valence-electron chi connectivity index (χ3n) is 3.07. The van der Waals surface area contributed by atoms with E-state index in [0.29, 0.717) is 5.56 Å². The summed E-state index contributed by atoms with van der Waals surface area (Å²) in [5.41, 5.74) is 1.46. The summed E-state index contributed by atoms with van der Waals surface area (Å²) in [5, 5.41) is 18.0. The molecule has 5 nitrogen and oxygen atoms in total. The number of rotatable bonds is 5. The molecule has 0 fully saturated rings. The van der Waals surface area contributed by atoms with Gasteiger partial charge in [0.2, 0.25) is 0 Å². The fourth-order valence-electron chi connectivity index (χ4n) is 1.87. The fraction of sp³-hybridized carbons (Fsp3) is 0.333. The summed E-state index contributed by atoms with van der Waals surface area (Å²) in [4.78, 5) is 16.1. The Morgan fingerprint density at radius 3 is 2.68 bits per heavy atom. The largest absolute Gasteiger partial charge is 0.387 e. The molecule has 2 rings (SSSR count). The zero-order chi connectivity index (χ0) is 16.1. The molecule has 2 amide bonds. The minimum absolute atomic E-state index is 0.0427. The van der Waals surface area contributed by atoms with Gasteiger partial charge in [-0.2, -0.15) is 0 Å². The number of hydrogen-bond acceptors (Lipinski definition) is 4. The second-order valence-corrected chi connectivity index (χ2v) is 5.86. The molecule has 3 N–H and O–H groups in total. The number of aliphatic hydroxyl groups excluding tert-OH is 1. The third-order valence-corrected chi connectivity index (χ3v) is 4.21. The third kappa shape index (κ3) is 4.51. The van der Waals surface area contributed by atoms with Gasteiger partial charge in [0.15, 0.2) is 0 Å². The molecule has 0 radical (unpaired) electrons. The Morgan fingerprint density at radius 1 is 1.41 bits per heavy atom. The second-order valence-electron chi connectivity index (χ2n) is 4.97. The number of benzene rings is 1. The van der Waals surface area contributed by atoms with Crippen LogP contribution in [-0.2, 0) is 0 Å². The first-order valence-corrected chi connectivity index (χ1v) is 7.73. The second kappa shape index (κ2) is 7.33. The minimum Gasteiger partial charge on any atom is -0.387 e. The van der Waals surface area contributed by atoms with Crippen LogP contribution < -0.4 is 10.6 Å². The molecule has 0 saturated heterocycles. The lowest BCUT2D eigenvalue weighted by molar-refractivity contribution is 0.172. The average molecular weight is 323 g/mol. The molecule has 0 aliphatic heterocycles. The highest BCUT2D eigenvalue weighted by atomic mass is 32.1. The van der Waals surface area contributed by atoms with Crippen molar-refractivity contribution in [2.75, 3.05) is 6.54 Å². The number of nitrogens with one attached hydrogen (secondary N) is 2. The Balaban J connectivity index is 1.81. The van der Waals surface area contributed by atoms with Gasteiger partial charge < -0.3 is 15.7 Å². The molecule has 2 unspecified atom stereocenters. The van der Waals surface area contributed by atoms with Gasteiger partial charge in [-0.05, 0) is 31.5 Å². The monoisotopic (exact) mass is 323 g/mol. The van der Waals surface area contributed by atoms with Crippen LogP contribution in [0.15, 0.2) is 29.6 Å². The van der Waals surface area contributed by atoms with Crippen LogP contribution in [-0.4, -0.2) is 22.7 Å². The van der Waals surface area contributed by atoms with Crippen molar-refractivity contribution in [1.82, 2.24) is 15.6 Å². The SMILES string of the molecule is Cc1csc(C(C)NC(=O)NCC(O)c2ccc(F)cc2)n1. The van der Waals surface area contributed by atoms with Crippen molar-refractivity contribution < 1.29 is 14.3 Å². The van der Waals surface area contributed by atoms with Crippen molar-refractivity contribution in [2.45, 2.75) is 26.0 Å². The van der Waals surface area contributed by atoms with E-state index < -0.39 is 6.10 Å². The van der Waals surface area contributed by atoms with Crippen LogP contribution in [0.5, 0.6) is 0 Å². The number of thiazole rings is 1. The van der Waals surface area contributed by atoms with Gasteiger partial charge in [-0.3, -0.25) is 0 Å². The van der Waals surface area contributed by atoms with Crippen LogP contribution >= 0.6 is 11.3 Å². The predicted octanol–water partition coefficient (Wildman–Crippen LogP) is 2.68. The molecule has 0 bridgehead atoms. The fourth-order valence-corrected chi connectivity index (χ4v) is 2.68. The van der Waals surface area contributed by atoms with Gasteiger partial charge in [-0.1, -0.05) is 12.1 Å². The molecule has 0 spiro atoms. The van der Waals surface area contributed by atoms with E-state index in [-0.39, 0.29) is 24.4 Å². The first kappa shape index (κ1) is 16.4. The van der Waals surface area contributed by atoms with Crippen molar-refractivity contribution in [1.29, 1.82) is 0 Å². The number of hydrogen-bond donors (Lipinski definition) is 3. The lowest BCUT2D eigenvalue weighted by Gasteiger charge is -2.15. The van der Waals surface area contributed by atoms with Crippen LogP contribution in [0.3, 0.4) is 0 Å². The molecule has 1 heterocycles. The number of aromatic nitrogens is 1. The summed E-state index contributed by atoms with van der Waals surface area (Å²) in [6.45, 7) is 3.78. The maximum Gasteiger partial charge on any atom is 0.315 e. The Hall–Kier alpha value is -1.99. The number of carbonyl (C=O) groups is 1. The number of aryl methyl sites for hydroxylation is 1. The summed E-state index contributed by atoms with van der Waals surface area (Å²) in [6.07, 6.45) is -0.885. The highest BCUT2D eigenvalue weighted by Gasteiger charge is 2.14. The molecule has 0 saturated carbocycles. The van der Waals surface area contributed by atoms with Crippen LogP contribution in [0.4, 0.5) is 9.18 Å². The van der Waals surface area contributed by atoms with E-state index in [0.717, 1.165) is 10.7 Å². The number of amides is 2. The van der Waals surface area contributed by atoms with Crippen molar-refractivity contribution in [3.8, 4) is 0 Å². The molecular weight excluding hydrogens is 305 g/mol. The number of halogens is 1. The number of nitrogens with zero attached hydrogens (tertiary/aromatic N) is 1. The minimum atomic E-state index is -0.885. The van der Waals surface area contributed by atoms with Gasteiger partial charge in [0.1, 0.15) is 10.8 Å². The summed E-state index contributed by atoms with van der Waals surface area (Å²) in [7, 11) is 0. The molecule has 1 aromatic heterocycles. The topological polar surface area (TPSA) is 74.2 Å². The van der Waals surface area contributed by atoms with Gasteiger partial charge in [-0.15, -0.1) is 11.3 Å². The van der Waals surface area contributed by atoms with Crippen LogP contribution in [0.25, 0.3) is 0 Å². The Labute approximate surface area is 132 Å². The van der Waals surface area contributed by atoms with E-state index in [2.05, 4.69) is 15.6 Å². The molecule has 0 aliphatic rings. The van der Waals surface area contributed by atoms with E-state index in [1.54, 1.807) is 0 Å². The highest BCUT2D eigenvalue weighted by Crippen LogP contribution is 2.17. The van der Waals surface area contributed by atoms with E-state index >= 15 is 0 Å². The van der Waals surface area contributed by atoms with Crippen molar-refractivity contribution in [3.63, 3.8) is 0 Å². The van der Waals surface area contributed by atoms with Crippen LogP contribution in [0, 0.1) is 12.7 Å². The van der Waals surface area contributed by atoms with E-state index in [1.807, 2.05) is 19.2 Å². The first-order valence-electron chi connectivity index (χ1n) is 6.85. The molecule has 118 valence electrons. The van der Waals surface area contributed by atoms with Gasteiger partial charge >= 0.3 is 6.03 Å². The average Bonchev–Trinajstić information content (AvgIpc) is 2.92. The zero-order valence-corrected chi connectivity index (χ0v) is 13.2. The van der Waals surface area contributed by atoms with Crippen LogP contribution in [0.2, 0.25) is 0 Å². The molecule has 2 aromatic rings. The lowest BCUT2D eigenvalue weighted by Crippen LogP contribution is -2.39. The lowest BCUT2D eigenvalue weighted by atomic mass is 10.1. The highest BCUT2D eigenvalue weighted by molar-refractivity contribution is 7.09. The number of urea groups is 1. The van der Waals surface area contributed by atoms with Crippen molar-refractivity contribution in [3.05, 3.63) is 51.7 Å². The zero-order valence-electron chi connectivity index (χ0n) is 12.3. The Kier molecular flexibility index (Phi) is 5.46. The normalized spacial score (nSPS) is 13.5. The first-order chi connectivity index (χ1) is 10.5. The summed E-state index contributed by atoms with van der Waals surface area (Å²) in [6, 6.07) is 4.92. The van der Waals surface area contributed by atoms with E-state index in [1.165, 1.54) is 35.6 Å². The molecule has 7 heteroatoms. The summed E-state index contributed by atoms with van der Waals surface area (Å²) < 4.78 is 12.8.